The Morgan fingerprint density at radius 1 is 1.57 bits per heavy atom. The second-order valence-electron chi connectivity index (χ2n) is 3.43. The first-order chi connectivity index (χ1) is 6.63. The number of hydrogen-bond donors (Lipinski definition) is 0. The summed E-state index contributed by atoms with van der Waals surface area (Å²) in [4.78, 5) is 14.9. The summed E-state index contributed by atoms with van der Waals surface area (Å²) >= 11 is 0. The highest BCUT2D eigenvalue weighted by atomic mass is 19.1. The maximum Gasteiger partial charge on any atom is 0.141 e. The quantitative estimate of drug-likeness (QED) is 0.738. The fourth-order valence-corrected chi connectivity index (χ4v) is 1.43. The van der Waals surface area contributed by atoms with Crippen molar-refractivity contribution >= 4 is 5.78 Å². The molecular formula is C11H14FNO. The van der Waals surface area contributed by atoms with Gasteiger partial charge in [-0.25, -0.2) is 4.39 Å². The van der Waals surface area contributed by atoms with Gasteiger partial charge in [0.15, 0.2) is 0 Å². The number of halogens is 1. The zero-order valence-corrected chi connectivity index (χ0v) is 8.46. The zero-order valence-electron chi connectivity index (χ0n) is 8.46. The van der Waals surface area contributed by atoms with E-state index in [9.17, 15) is 9.18 Å². The van der Waals surface area contributed by atoms with Gasteiger partial charge in [-0.15, -0.1) is 0 Å². The molecule has 0 aromatic carbocycles. The molecule has 1 rings (SSSR count). The zero-order chi connectivity index (χ0) is 10.6. The van der Waals surface area contributed by atoms with Crippen molar-refractivity contribution in [3.63, 3.8) is 0 Å². The Balaban J connectivity index is 2.72. The van der Waals surface area contributed by atoms with Crippen molar-refractivity contribution in [1.29, 1.82) is 0 Å². The van der Waals surface area contributed by atoms with Crippen LogP contribution in [-0.2, 0) is 11.2 Å². The molecule has 2 nitrogen and oxygen atoms in total. The van der Waals surface area contributed by atoms with Gasteiger partial charge < -0.3 is 0 Å². The predicted octanol–water partition coefficient (Wildman–Crippen LogP) is 2.38. The van der Waals surface area contributed by atoms with Crippen LogP contribution in [0.2, 0.25) is 0 Å². The van der Waals surface area contributed by atoms with Gasteiger partial charge in [0.2, 0.25) is 0 Å². The third-order valence-corrected chi connectivity index (χ3v) is 2.31. The van der Waals surface area contributed by atoms with Gasteiger partial charge in [0.1, 0.15) is 11.6 Å². The molecule has 0 aliphatic rings. The second kappa shape index (κ2) is 4.84. The van der Waals surface area contributed by atoms with Crippen LogP contribution in [-0.4, -0.2) is 10.8 Å². The molecule has 0 saturated carbocycles. The lowest BCUT2D eigenvalue weighted by atomic mass is 9.94. The van der Waals surface area contributed by atoms with Gasteiger partial charge in [-0.05, 0) is 31.4 Å². The third-order valence-electron chi connectivity index (χ3n) is 2.31. The number of carbonyl (C=O) groups is 1. The van der Waals surface area contributed by atoms with Crippen molar-refractivity contribution in [2.75, 3.05) is 0 Å². The predicted molar refractivity (Wildman–Crippen MR) is 52.4 cm³/mol. The lowest BCUT2D eigenvalue weighted by molar-refractivity contribution is -0.120. The topological polar surface area (TPSA) is 30.0 Å². The van der Waals surface area contributed by atoms with Crippen molar-refractivity contribution in [3.8, 4) is 0 Å². The fraction of sp³-hybridized carbons (Fsp3) is 0.455. The number of pyridine rings is 1. The Hall–Kier alpha value is -1.25. The van der Waals surface area contributed by atoms with Crippen LogP contribution in [0.5, 0.6) is 0 Å². The molecule has 0 fully saturated rings. The summed E-state index contributed by atoms with van der Waals surface area (Å²) in [5.74, 6) is -0.212. The Kier molecular flexibility index (Phi) is 3.74. The van der Waals surface area contributed by atoms with Crippen LogP contribution in [0.3, 0.4) is 0 Å². The summed E-state index contributed by atoms with van der Waals surface area (Å²) in [5, 5.41) is 0. The van der Waals surface area contributed by atoms with E-state index in [1.807, 2.05) is 6.92 Å². The molecule has 14 heavy (non-hydrogen) atoms. The van der Waals surface area contributed by atoms with Gasteiger partial charge in [-0.2, -0.15) is 0 Å². The third kappa shape index (κ3) is 2.91. The summed E-state index contributed by atoms with van der Waals surface area (Å²) in [6.07, 6.45) is 4.13. The van der Waals surface area contributed by atoms with Crippen LogP contribution in [0.25, 0.3) is 0 Å². The number of aromatic nitrogens is 1. The van der Waals surface area contributed by atoms with E-state index in [1.54, 1.807) is 13.1 Å². The molecule has 0 radical (unpaired) electrons. The van der Waals surface area contributed by atoms with E-state index in [0.717, 1.165) is 18.2 Å². The highest BCUT2D eigenvalue weighted by Gasteiger charge is 2.12. The molecule has 0 N–H and O–H groups in total. The van der Waals surface area contributed by atoms with Crippen LogP contribution < -0.4 is 0 Å². The molecular weight excluding hydrogens is 181 g/mol. The lowest BCUT2D eigenvalue weighted by Gasteiger charge is -2.10. The molecule has 0 amide bonds. The highest BCUT2D eigenvalue weighted by molar-refractivity contribution is 5.78. The van der Waals surface area contributed by atoms with Gasteiger partial charge in [-0.3, -0.25) is 9.78 Å². The molecule has 1 atom stereocenters. The maximum atomic E-state index is 12.8. The molecule has 1 aromatic rings. The number of rotatable bonds is 4. The summed E-state index contributed by atoms with van der Waals surface area (Å²) in [6, 6.07) is 1.43. The number of ketones is 1. The standard InChI is InChI=1S/C11H14FNO/c1-3-10(8(2)14)4-9-5-11(12)7-13-6-9/h5-7,10H,3-4H2,1-2H3. The molecule has 0 bridgehead atoms. The minimum atomic E-state index is -0.346. The molecule has 1 unspecified atom stereocenters. The van der Waals surface area contributed by atoms with Gasteiger partial charge in [-0.1, -0.05) is 6.92 Å². The van der Waals surface area contributed by atoms with Crippen LogP contribution >= 0.6 is 0 Å². The van der Waals surface area contributed by atoms with Crippen molar-refractivity contribution in [2.45, 2.75) is 26.7 Å². The van der Waals surface area contributed by atoms with Crippen LogP contribution in [0, 0.1) is 11.7 Å². The number of hydrogen-bond acceptors (Lipinski definition) is 2. The number of Topliss-reactive ketones (excluding diaryl/α,β-unsaturated/α-hetero) is 1. The Labute approximate surface area is 83.2 Å². The van der Waals surface area contributed by atoms with Crippen LogP contribution in [0.1, 0.15) is 25.8 Å². The minimum absolute atomic E-state index is 0.0152. The van der Waals surface area contributed by atoms with E-state index >= 15 is 0 Å². The molecule has 1 heterocycles. The first-order valence-corrected chi connectivity index (χ1v) is 4.73. The van der Waals surface area contributed by atoms with E-state index in [1.165, 1.54) is 6.07 Å². The average molecular weight is 195 g/mol. The summed E-state index contributed by atoms with van der Waals surface area (Å²) in [5.41, 5.74) is 0.784. The smallest absolute Gasteiger partial charge is 0.141 e. The fourth-order valence-electron chi connectivity index (χ4n) is 1.43. The molecule has 0 saturated heterocycles. The maximum absolute atomic E-state index is 12.8. The van der Waals surface area contributed by atoms with E-state index < -0.39 is 0 Å². The van der Waals surface area contributed by atoms with E-state index in [0.29, 0.717) is 6.42 Å². The SMILES string of the molecule is CCC(Cc1cncc(F)c1)C(C)=O. The normalized spacial score (nSPS) is 12.5. The summed E-state index contributed by atoms with van der Waals surface area (Å²) in [7, 11) is 0. The van der Waals surface area contributed by atoms with E-state index in [-0.39, 0.29) is 17.5 Å². The Bertz CT molecular complexity index is 325. The Morgan fingerprint density at radius 3 is 2.79 bits per heavy atom. The molecule has 0 aliphatic carbocycles. The molecule has 0 spiro atoms. The largest absolute Gasteiger partial charge is 0.300 e. The van der Waals surface area contributed by atoms with Crippen LogP contribution in [0.4, 0.5) is 4.39 Å². The summed E-state index contributed by atoms with van der Waals surface area (Å²) < 4.78 is 12.8. The van der Waals surface area contributed by atoms with Crippen molar-refractivity contribution < 1.29 is 9.18 Å². The van der Waals surface area contributed by atoms with Gasteiger partial charge in [0.05, 0.1) is 6.20 Å². The first kappa shape index (κ1) is 10.8. The van der Waals surface area contributed by atoms with Crippen LogP contribution in [0.15, 0.2) is 18.5 Å². The molecule has 1 aromatic heterocycles. The minimum Gasteiger partial charge on any atom is -0.300 e. The first-order valence-electron chi connectivity index (χ1n) is 4.73. The van der Waals surface area contributed by atoms with Gasteiger partial charge >= 0.3 is 0 Å². The average Bonchev–Trinajstić information content (AvgIpc) is 2.14. The molecule has 0 aliphatic heterocycles. The molecule has 3 heteroatoms. The highest BCUT2D eigenvalue weighted by Crippen LogP contribution is 2.13. The van der Waals surface area contributed by atoms with Gasteiger partial charge in [0.25, 0.3) is 0 Å². The van der Waals surface area contributed by atoms with Crippen molar-refractivity contribution in [3.05, 3.63) is 29.8 Å². The summed E-state index contributed by atoms with van der Waals surface area (Å²) in [6.45, 7) is 3.53. The number of carbonyl (C=O) groups excluding carboxylic acids is 1. The van der Waals surface area contributed by atoms with Crippen molar-refractivity contribution in [2.24, 2.45) is 5.92 Å². The van der Waals surface area contributed by atoms with Gasteiger partial charge in [0, 0.05) is 12.1 Å². The lowest BCUT2D eigenvalue weighted by Crippen LogP contribution is -2.12. The van der Waals surface area contributed by atoms with Crippen molar-refractivity contribution in [1.82, 2.24) is 4.98 Å². The second-order valence-corrected chi connectivity index (χ2v) is 3.43. The number of nitrogens with zero attached hydrogens (tertiary/aromatic N) is 1. The Morgan fingerprint density at radius 2 is 2.29 bits per heavy atom. The monoisotopic (exact) mass is 195 g/mol. The van der Waals surface area contributed by atoms with E-state index in [4.69, 9.17) is 0 Å². The van der Waals surface area contributed by atoms with E-state index in [2.05, 4.69) is 4.98 Å². The molecule has 76 valence electrons.